The molecule has 0 spiro atoms. The van der Waals surface area contributed by atoms with Crippen LogP contribution in [0.2, 0.25) is 0 Å². The third-order valence-electron chi connectivity index (χ3n) is 2.29. The lowest BCUT2D eigenvalue weighted by molar-refractivity contribution is 0.0526. The molecule has 0 amide bonds. The summed E-state index contributed by atoms with van der Waals surface area (Å²) < 4.78 is 4.93. The van der Waals surface area contributed by atoms with Gasteiger partial charge in [0.2, 0.25) is 0 Å². The topological polar surface area (TPSA) is 74.5 Å². The number of aryl methyl sites for hydroxylation is 1. The largest absolute Gasteiger partial charge is 0.462 e. The highest BCUT2D eigenvalue weighted by Crippen LogP contribution is 2.21. The van der Waals surface area contributed by atoms with Crippen LogP contribution in [0.25, 0.3) is 0 Å². The first-order valence-corrected chi connectivity index (χ1v) is 6.90. The summed E-state index contributed by atoms with van der Waals surface area (Å²) in [5, 5.41) is 11.6. The highest BCUT2D eigenvalue weighted by molar-refractivity contribution is 8.13. The van der Waals surface area contributed by atoms with Crippen LogP contribution in [0.3, 0.4) is 0 Å². The number of ether oxygens (including phenoxy) is 1. The molecule has 0 atom stereocenters. The van der Waals surface area contributed by atoms with E-state index in [9.17, 15) is 4.79 Å². The van der Waals surface area contributed by atoms with E-state index in [1.807, 2.05) is 19.4 Å². The quantitative estimate of drug-likeness (QED) is 0.302. The molecule has 19 heavy (non-hydrogen) atoms. The van der Waals surface area contributed by atoms with Gasteiger partial charge in [0.25, 0.3) is 0 Å². The summed E-state index contributed by atoms with van der Waals surface area (Å²) >= 11 is 1.34. The normalized spacial score (nSPS) is 10.7. The molecule has 0 fully saturated rings. The van der Waals surface area contributed by atoms with Crippen molar-refractivity contribution in [1.82, 2.24) is 5.32 Å². The van der Waals surface area contributed by atoms with Gasteiger partial charge in [-0.2, -0.15) is 5.26 Å². The molecular weight excluding hydrogens is 262 g/mol. The number of nitrogens with zero attached hydrogens (tertiary/aromatic N) is 2. The second kappa shape index (κ2) is 7.44. The van der Waals surface area contributed by atoms with Gasteiger partial charge in [-0.15, -0.1) is 0 Å². The van der Waals surface area contributed by atoms with E-state index in [0.717, 1.165) is 5.56 Å². The van der Waals surface area contributed by atoms with Crippen molar-refractivity contribution in [2.45, 2.75) is 13.8 Å². The number of amidine groups is 1. The number of thioether (sulfide) groups is 1. The second-order valence-electron chi connectivity index (χ2n) is 3.58. The van der Waals surface area contributed by atoms with Crippen LogP contribution in [0.5, 0.6) is 0 Å². The van der Waals surface area contributed by atoms with Gasteiger partial charge in [-0.1, -0.05) is 11.8 Å². The van der Waals surface area contributed by atoms with E-state index in [0.29, 0.717) is 23.0 Å². The van der Waals surface area contributed by atoms with Gasteiger partial charge in [-0.3, -0.25) is 5.32 Å². The van der Waals surface area contributed by atoms with Crippen molar-refractivity contribution in [2.75, 3.05) is 12.9 Å². The summed E-state index contributed by atoms with van der Waals surface area (Å²) in [6.07, 6.45) is 3.65. The van der Waals surface area contributed by atoms with Gasteiger partial charge < -0.3 is 4.74 Å². The van der Waals surface area contributed by atoms with Gasteiger partial charge in [-0.25, -0.2) is 9.79 Å². The smallest absolute Gasteiger partial charge is 0.338 e. The van der Waals surface area contributed by atoms with Gasteiger partial charge in [-0.05, 0) is 43.9 Å². The Morgan fingerprint density at radius 3 is 2.84 bits per heavy atom. The predicted octanol–water partition coefficient (Wildman–Crippen LogP) is 2.59. The number of aliphatic imine (C=N–C) groups is 1. The van der Waals surface area contributed by atoms with Crippen molar-refractivity contribution in [1.29, 1.82) is 5.26 Å². The van der Waals surface area contributed by atoms with Crippen LogP contribution >= 0.6 is 11.8 Å². The summed E-state index contributed by atoms with van der Waals surface area (Å²) in [4.78, 5) is 15.9. The van der Waals surface area contributed by atoms with Gasteiger partial charge in [0.05, 0.1) is 17.9 Å². The molecule has 0 radical (unpaired) electrons. The van der Waals surface area contributed by atoms with E-state index >= 15 is 0 Å². The zero-order valence-electron chi connectivity index (χ0n) is 11.1. The Bertz CT molecular complexity index is 535. The van der Waals surface area contributed by atoms with E-state index < -0.39 is 0 Å². The first-order valence-electron chi connectivity index (χ1n) is 5.68. The fourth-order valence-corrected chi connectivity index (χ4v) is 1.74. The van der Waals surface area contributed by atoms with Crippen LogP contribution in [0.4, 0.5) is 5.69 Å². The fourth-order valence-electron chi connectivity index (χ4n) is 1.40. The predicted molar refractivity (Wildman–Crippen MR) is 76.5 cm³/mol. The lowest BCUT2D eigenvalue weighted by Crippen LogP contribution is -2.12. The average molecular weight is 277 g/mol. The van der Waals surface area contributed by atoms with Crippen molar-refractivity contribution < 1.29 is 9.53 Å². The second-order valence-corrected chi connectivity index (χ2v) is 4.37. The lowest BCUT2D eigenvalue weighted by Gasteiger charge is -2.06. The Kier molecular flexibility index (Phi) is 5.90. The molecule has 0 aliphatic carbocycles. The molecule has 1 N–H and O–H groups in total. The Hall–Kier alpha value is -2.00. The minimum atomic E-state index is -0.346. The molecule has 0 saturated carbocycles. The molecule has 0 bridgehead atoms. The summed E-state index contributed by atoms with van der Waals surface area (Å²) in [5.74, 6) is -0.346. The van der Waals surface area contributed by atoms with E-state index in [1.54, 1.807) is 25.1 Å². The molecule has 0 unspecified atom stereocenters. The number of carbonyl (C=O) groups excluding carboxylic acids is 1. The van der Waals surface area contributed by atoms with Crippen LogP contribution in [0.15, 0.2) is 23.2 Å². The third-order valence-corrected chi connectivity index (χ3v) is 2.87. The number of hydrogen-bond acceptors (Lipinski definition) is 5. The molecule has 1 rings (SSSR count). The van der Waals surface area contributed by atoms with E-state index in [-0.39, 0.29) is 5.97 Å². The summed E-state index contributed by atoms with van der Waals surface area (Å²) in [6, 6.07) is 5.12. The molecular formula is C13H15N3O2S. The minimum absolute atomic E-state index is 0.346. The van der Waals surface area contributed by atoms with Gasteiger partial charge in [0.15, 0.2) is 11.4 Å². The molecule has 100 valence electrons. The Morgan fingerprint density at radius 1 is 1.58 bits per heavy atom. The minimum Gasteiger partial charge on any atom is -0.462 e. The number of nitrogens with one attached hydrogen (secondary N) is 1. The highest BCUT2D eigenvalue weighted by atomic mass is 32.2. The van der Waals surface area contributed by atoms with Crippen LogP contribution in [0, 0.1) is 18.4 Å². The maximum absolute atomic E-state index is 11.6. The van der Waals surface area contributed by atoms with Crippen molar-refractivity contribution in [3.05, 3.63) is 29.3 Å². The van der Waals surface area contributed by atoms with Crippen LogP contribution < -0.4 is 5.32 Å². The first-order chi connectivity index (χ1) is 9.12. The van der Waals surface area contributed by atoms with E-state index in [4.69, 9.17) is 10.00 Å². The Balaban J connectivity index is 3.01. The molecule has 5 nitrogen and oxygen atoms in total. The summed E-state index contributed by atoms with van der Waals surface area (Å²) in [6.45, 7) is 3.97. The zero-order chi connectivity index (χ0) is 14.3. The zero-order valence-corrected chi connectivity index (χ0v) is 11.9. The lowest BCUT2D eigenvalue weighted by atomic mass is 10.1. The van der Waals surface area contributed by atoms with Crippen molar-refractivity contribution >= 4 is 28.6 Å². The van der Waals surface area contributed by atoms with Gasteiger partial charge in [0, 0.05) is 0 Å². The standard InChI is InChI=1S/C13H15N3O2S/c1-4-18-12(17)10-5-6-11(9(2)7-10)16-13(19-3)15-8-14/h5-7H,4H2,1-3H3,(H,15,16). The number of nitriles is 1. The van der Waals surface area contributed by atoms with Crippen molar-refractivity contribution in [3.63, 3.8) is 0 Å². The maximum Gasteiger partial charge on any atom is 0.338 e. The van der Waals surface area contributed by atoms with Crippen molar-refractivity contribution in [2.24, 2.45) is 4.99 Å². The SMILES string of the molecule is CCOC(=O)c1ccc(N=C(NC#N)SC)c(C)c1. The van der Waals surface area contributed by atoms with Crippen LogP contribution in [-0.2, 0) is 4.74 Å². The van der Waals surface area contributed by atoms with Gasteiger partial charge in [0.1, 0.15) is 0 Å². The molecule has 0 aromatic heterocycles. The first kappa shape index (κ1) is 15.1. The molecule has 1 aromatic rings. The van der Waals surface area contributed by atoms with Crippen molar-refractivity contribution in [3.8, 4) is 6.19 Å². The number of rotatable bonds is 3. The van der Waals surface area contributed by atoms with Crippen LogP contribution in [-0.4, -0.2) is 24.0 Å². The number of hydrogen-bond donors (Lipinski definition) is 1. The molecule has 6 heteroatoms. The molecule has 0 saturated heterocycles. The average Bonchev–Trinajstić information content (AvgIpc) is 2.40. The fraction of sp³-hybridized carbons (Fsp3) is 0.308. The number of benzene rings is 1. The monoisotopic (exact) mass is 277 g/mol. The van der Waals surface area contributed by atoms with E-state index in [1.165, 1.54) is 11.8 Å². The molecule has 0 heterocycles. The molecule has 1 aromatic carbocycles. The molecule has 0 aliphatic rings. The Morgan fingerprint density at radius 2 is 2.32 bits per heavy atom. The highest BCUT2D eigenvalue weighted by Gasteiger charge is 2.08. The van der Waals surface area contributed by atoms with Gasteiger partial charge >= 0.3 is 5.97 Å². The van der Waals surface area contributed by atoms with Crippen LogP contribution in [0.1, 0.15) is 22.8 Å². The van der Waals surface area contributed by atoms with E-state index in [2.05, 4.69) is 10.3 Å². The number of esters is 1. The maximum atomic E-state index is 11.6. The Labute approximate surface area is 116 Å². The summed E-state index contributed by atoms with van der Waals surface area (Å²) in [5.41, 5.74) is 2.05. The summed E-state index contributed by atoms with van der Waals surface area (Å²) in [7, 11) is 0. The number of carbonyl (C=O) groups is 1. The molecule has 0 aliphatic heterocycles. The third kappa shape index (κ3) is 4.30.